The highest BCUT2D eigenvalue weighted by molar-refractivity contribution is 5.73. The van der Waals surface area contributed by atoms with Crippen molar-refractivity contribution in [3.05, 3.63) is 41.6 Å². The first kappa shape index (κ1) is 21.7. The van der Waals surface area contributed by atoms with Crippen LogP contribution in [-0.4, -0.2) is 18.2 Å². The van der Waals surface area contributed by atoms with E-state index in [2.05, 4.69) is 38.1 Å². The molecule has 1 aromatic heterocycles. The molecule has 3 heteroatoms. The van der Waals surface area contributed by atoms with Gasteiger partial charge in [-0.25, -0.2) is 4.98 Å². The maximum absolute atomic E-state index is 6.01. The minimum Gasteiger partial charge on any atom is -0.494 e. The maximum atomic E-state index is 6.01. The van der Waals surface area contributed by atoms with E-state index in [1.807, 2.05) is 6.07 Å². The molecule has 3 nitrogen and oxygen atoms in total. The normalized spacial score (nSPS) is 12.3. The van der Waals surface area contributed by atoms with Gasteiger partial charge in [-0.3, -0.25) is 0 Å². The number of ether oxygens (including phenoxy) is 2. The number of nitrogens with zero attached hydrogens (tertiary/aromatic N) is 1. The third kappa shape index (κ3) is 6.48. The van der Waals surface area contributed by atoms with Gasteiger partial charge in [-0.15, -0.1) is 0 Å². The van der Waals surface area contributed by atoms with Gasteiger partial charge in [0.1, 0.15) is 5.75 Å². The van der Waals surface area contributed by atoms with Crippen molar-refractivity contribution in [2.24, 2.45) is 0 Å². The van der Waals surface area contributed by atoms with Crippen LogP contribution in [0.25, 0.3) is 11.1 Å². The second-order valence-electron chi connectivity index (χ2n) is 8.13. The summed E-state index contributed by atoms with van der Waals surface area (Å²) < 4.78 is 11.9. The molecule has 0 radical (unpaired) electrons. The lowest BCUT2D eigenvalue weighted by Crippen LogP contribution is -2.08. The van der Waals surface area contributed by atoms with Crippen molar-refractivity contribution in [3.8, 4) is 22.8 Å². The number of aromatic nitrogens is 1. The van der Waals surface area contributed by atoms with Gasteiger partial charge >= 0.3 is 0 Å². The topological polar surface area (TPSA) is 31.4 Å². The lowest BCUT2D eigenvalue weighted by atomic mass is 9.88. The van der Waals surface area contributed by atoms with Gasteiger partial charge in [-0.05, 0) is 55.0 Å². The number of rotatable bonds is 13. The molecule has 2 aromatic rings. The monoisotopic (exact) mass is 395 g/mol. The van der Waals surface area contributed by atoms with Crippen molar-refractivity contribution in [1.29, 1.82) is 0 Å². The van der Waals surface area contributed by atoms with Crippen LogP contribution in [0.15, 0.2) is 30.3 Å². The lowest BCUT2D eigenvalue weighted by Gasteiger charge is -2.20. The number of pyridine rings is 1. The molecule has 3 rings (SSSR count). The molecular formula is C26H37NO2. The lowest BCUT2D eigenvalue weighted by molar-refractivity contribution is 0.294. The van der Waals surface area contributed by atoms with Gasteiger partial charge in [-0.1, -0.05) is 64.9 Å². The zero-order valence-corrected chi connectivity index (χ0v) is 18.3. The molecule has 1 heterocycles. The van der Waals surface area contributed by atoms with E-state index >= 15 is 0 Å². The Bertz CT molecular complexity index is 756. The van der Waals surface area contributed by atoms with Crippen molar-refractivity contribution in [3.63, 3.8) is 0 Å². The van der Waals surface area contributed by atoms with Crippen LogP contribution in [0, 0.1) is 0 Å². The summed E-state index contributed by atoms with van der Waals surface area (Å²) in [6.45, 7) is 6.05. The fourth-order valence-electron chi connectivity index (χ4n) is 3.98. The molecule has 29 heavy (non-hydrogen) atoms. The SMILES string of the molecule is CCCCCCCCOc1ccc2c(c1)CCc1nc(OCCCCC)ccc1-2. The molecule has 0 unspecified atom stereocenters. The standard InChI is InChI=1S/C26H37NO2/c1-3-5-7-8-9-11-18-28-22-13-14-23-21(20-22)12-16-25-24(23)15-17-26(27-25)29-19-10-6-4-2/h13-15,17,20H,3-12,16,18-19H2,1-2H3. The zero-order chi connectivity index (χ0) is 20.3. The molecule has 0 saturated heterocycles. The Hall–Kier alpha value is -2.03. The quantitative estimate of drug-likeness (QED) is 0.337. The third-order valence-electron chi connectivity index (χ3n) is 5.71. The van der Waals surface area contributed by atoms with E-state index in [9.17, 15) is 0 Å². The Balaban J connectivity index is 1.53. The Morgan fingerprint density at radius 3 is 2.28 bits per heavy atom. The van der Waals surface area contributed by atoms with Crippen molar-refractivity contribution >= 4 is 0 Å². The van der Waals surface area contributed by atoms with Crippen LogP contribution in [0.1, 0.15) is 82.9 Å². The number of aryl methyl sites for hydroxylation is 2. The molecule has 158 valence electrons. The van der Waals surface area contributed by atoms with Crippen LogP contribution >= 0.6 is 0 Å². The summed E-state index contributed by atoms with van der Waals surface area (Å²) in [5.74, 6) is 1.77. The predicted octanol–water partition coefficient (Wildman–Crippen LogP) is 7.16. The molecular weight excluding hydrogens is 358 g/mol. The molecule has 0 aliphatic heterocycles. The van der Waals surface area contributed by atoms with Crippen LogP contribution in [0.5, 0.6) is 11.6 Å². The fraction of sp³-hybridized carbons (Fsp3) is 0.577. The second kappa shape index (κ2) is 11.8. The van der Waals surface area contributed by atoms with Crippen LogP contribution < -0.4 is 9.47 Å². The van der Waals surface area contributed by atoms with Gasteiger partial charge < -0.3 is 9.47 Å². The second-order valence-corrected chi connectivity index (χ2v) is 8.13. The molecule has 0 N–H and O–H groups in total. The highest BCUT2D eigenvalue weighted by atomic mass is 16.5. The maximum Gasteiger partial charge on any atom is 0.213 e. The number of hydrogen-bond donors (Lipinski definition) is 0. The van der Waals surface area contributed by atoms with Crippen LogP contribution in [0.4, 0.5) is 0 Å². The van der Waals surface area contributed by atoms with Gasteiger partial charge in [0, 0.05) is 11.6 Å². The first-order chi connectivity index (χ1) is 14.3. The number of unbranched alkanes of at least 4 members (excludes halogenated alkanes) is 7. The first-order valence-electron chi connectivity index (χ1n) is 11.7. The summed E-state index contributed by atoms with van der Waals surface area (Å²) in [6.07, 6.45) is 13.3. The van der Waals surface area contributed by atoms with Gasteiger partial charge in [0.25, 0.3) is 0 Å². The van der Waals surface area contributed by atoms with E-state index in [-0.39, 0.29) is 0 Å². The average molecular weight is 396 g/mol. The van der Waals surface area contributed by atoms with Gasteiger partial charge in [0.2, 0.25) is 5.88 Å². The van der Waals surface area contributed by atoms with E-state index < -0.39 is 0 Å². The highest BCUT2D eigenvalue weighted by Gasteiger charge is 2.18. The minimum atomic E-state index is 0.759. The van der Waals surface area contributed by atoms with E-state index in [1.165, 1.54) is 61.6 Å². The number of benzene rings is 1. The van der Waals surface area contributed by atoms with Crippen LogP contribution in [0.3, 0.4) is 0 Å². The summed E-state index contributed by atoms with van der Waals surface area (Å²) in [4.78, 5) is 4.77. The van der Waals surface area contributed by atoms with E-state index in [1.54, 1.807) is 0 Å². The molecule has 1 aliphatic carbocycles. The fourth-order valence-corrected chi connectivity index (χ4v) is 3.98. The van der Waals surface area contributed by atoms with Crippen LogP contribution in [-0.2, 0) is 12.8 Å². The molecule has 0 amide bonds. The summed E-state index contributed by atoms with van der Waals surface area (Å²) in [5, 5.41) is 0. The van der Waals surface area contributed by atoms with E-state index in [0.29, 0.717) is 0 Å². The summed E-state index contributed by atoms with van der Waals surface area (Å²) in [7, 11) is 0. The Kier molecular flexibility index (Phi) is 8.85. The molecule has 0 bridgehead atoms. The Morgan fingerprint density at radius 2 is 1.41 bits per heavy atom. The van der Waals surface area contributed by atoms with Gasteiger partial charge in [-0.2, -0.15) is 0 Å². The molecule has 0 saturated carbocycles. The Labute approximate surface area is 176 Å². The van der Waals surface area contributed by atoms with Crippen LogP contribution in [0.2, 0.25) is 0 Å². The summed E-state index contributed by atoms with van der Waals surface area (Å²) >= 11 is 0. The third-order valence-corrected chi connectivity index (χ3v) is 5.71. The highest BCUT2D eigenvalue weighted by Crippen LogP contribution is 2.35. The molecule has 0 atom stereocenters. The Morgan fingerprint density at radius 1 is 0.724 bits per heavy atom. The smallest absolute Gasteiger partial charge is 0.213 e. The predicted molar refractivity (Wildman–Crippen MR) is 121 cm³/mol. The van der Waals surface area contributed by atoms with Crippen molar-refractivity contribution in [2.45, 2.75) is 84.5 Å². The first-order valence-corrected chi connectivity index (χ1v) is 11.7. The van der Waals surface area contributed by atoms with Gasteiger partial charge in [0.05, 0.1) is 18.9 Å². The summed E-state index contributed by atoms with van der Waals surface area (Å²) in [5.41, 5.74) is 5.07. The molecule has 0 spiro atoms. The summed E-state index contributed by atoms with van der Waals surface area (Å²) in [6, 6.07) is 10.7. The van der Waals surface area contributed by atoms with E-state index in [4.69, 9.17) is 14.5 Å². The minimum absolute atomic E-state index is 0.759. The average Bonchev–Trinajstić information content (AvgIpc) is 2.75. The number of fused-ring (bicyclic) bond motifs is 3. The van der Waals surface area contributed by atoms with Gasteiger partial charge in [0.15, 0.2) is 0 Å². The van der Waals surface area contributed by atoms with Crippen molar-refractivity contribution in [1.82, 2.24) is 4.98 Å². The zero-order valence-electron chi connectivity index (χ0n) is 18.3. The molecule has 1 aromatic carbocycles. The van der Waals surface area contributed by atoms with E-state index in [0.717, 1.165) is 56.2 Å². The molecule has 1 aliphatic rings. The largest absolute Gasteiger partial charge is 0.494 e. The number of hydrogen-bond acceptors (Lipinski definition) is 3. The molecule has 0 fully saturated rings. The van der Waals surface area contributed by atoms with Crippen molar-refractivity contribution < 1.29 is 9.47 Å². The van der Waals surface area contributed by atoms with Crippen molar-refractivity contribution in [2.75, 3.05) is 13.2 Å².